The molecule has 122 valence electrons. The molecular weight excluding hydrogens is 329 g/mol. The van der Waals surface area contributed by atoms with Crippen LogP contribution < -0.4 is 10.1 Å². The lowest BCUT2D eigenvalue weighted by Gasteiger charge is -2.20. The van der Waals surface area contributed by atoms with Crippen LogP contribution in [0.5, 0.6) is 5.75 Å². The van der Waals surface area contributed by atoms with Crippen LogP contribution in [0.3, 0.4) is 0 Å². The average Bonchev–Trinajstić information content (AvgIpc) is 2.42. The van der Waals surface area contributed by atoms with Gasteiger partial charge in [0.25, 0.3) is 5.91 Å². The number of halogens is 2. The van der Waals surface area contributed by atoms with Crippen LogP contribution in [0.25, 0.3) is 0 Å². The molecule has 0 saturated carbocycles. The number of hydrogen-bond donors (Lipinski definition) is 2. The van der Waals surface area contributed by atoms with Crippen LogP contribution in [-0.4, -0.2) is 29.6 Å². The molecule has 0 aliphatic heterocycles. The largest absolute Gasteiger partial charge is 0.481 e. The monoisotopic (exact) mass is 347 g/mol. The van der Waals surface area contributed by atoms with Gasteiger partial charge in [-0.05, 0) is 39.3 Å². The number of benzene rings is 1. The SMILES string of the molecule is CC(Oc1ccc(Cl)c(Cl)c1)C(=O)NCCC(C)(C)C(=O)O. The summed E-state index contributed by atoms with van der Waals surface area (Å²) in [5.74, 6) is -0.794. The van der Waals surface area contributed by atoms with Gasteiger partial charge in [-0.25, -0.2) is 0 Å². The van der Waals surface area contributed by atoms with Gasteiger partial charge < -0.3 is 15.2 Å². The molecule has 0 heterocycles. The number of carboxylic acids is 1. The number of amides is 1. The summed E-state index contributed by atoms with van der Waals surface area (Å²) >= 11 is 11.7. The van der Waals surface area contributed by atoms with Crippen molar-refractivity contribution in [1.29, 1.82) is 0 Å². The van der Waals surface area contributed by atoms with E-state index in [1.54, 1.807) is 32.9 Å². The molecule has 5 nitrogen and oxygen atoms in total. The van der Waals surface area contributed by atoms with Crippen LogP contribution in [0.2, 0.25) is 10.0 Å². The number of ether oxygens (including phenoxy) is 1. The van der Waals surface area contributed by atoms with Crippen molar-refractivity contribution in [3.63, 3.8) is 0 Å². The van der Waals surface area contributed by atoms with Crippen molar-refractivity contribution < 1.29 is 19.4 Å². The summed E-state index contributed by atoms with van der Waals surface area (Å²) in [5, 5.41) is 12.4. The second kappa shape index (κ2) is 7.70. The van der Waals surface area contributed by atoms with Crippen molar-refractivity contribution in [2.45, 2.75) is 33.3 Å². The van der Waals surface area contributed by atoms with Crippen molar-refractivity contribution >= 4 is 35.1 Å². The molecular formula is C15H19Cl2NO4. The quantitative estimate of drug-likeness (QED) is 0.792. The number of carboxylic acid groups (broad SMARTS) is 1. The van der Waals surface area contributed by atoms with Crippen LogP contribution in [-0.2, 0) is 9.59 Å². The highest BCUT2D eigenvalue weighted by Gasteiger charge is 2.27. The van der Waals surface area contributed by atoms with Gasteiger partial charge in [0.1, 0.15) is 5.75 Å². The summed E-state index contributed by atoms with van der Waals surface area (Å²) in [6.07, 6.45) is -0.404. The van der Waals surface area contributed by atoms with Crippen molar-refractivity contribution in [3.8, 4) is 5.75 Å². The van der Waals surface area contributed by atoms with Gasteiger partial charge in [-0.3, -0.25) is 9.59 Å². The molecule has 0 fully saturated rings. The van der Waals surface area contributed by atoms with Crippen molar-refractivity contribution in [3.05, 3.63) is 28.2 Å². The second-order valence-electron chi connectivity index (χ2n) is 5.57. The molecule has 0 radical (unpaired) electrons. The van der Waals surface area contributed by atoms with E-state index in [9.17, 15) is 9.59 Å². The van der Waals surface area contributed by atoms with E-state index >= 15 is 0 Å². The first-order chi connectivity index (χ1) is 10.1. The Morgan fingerprint density at radius 2 is 1.95 bits per heavy atom. The summed E-state index contributed by atoms with van der Waals surface area (Å²) in [5.41, 5.74) is -0.888. The number of rotatable bonds is 7. The van der Waals surface area contributed by atoms with Gasteiger partial charge in [-0.1, -0.05) is 23.2 Å². The van der Waals surface area contributed by atoms with Gasteiger partial charge in [0, 0.05) is 12.6 Å². The third-order valence-electron chi connectivity index (χ3n) is 3.20. The van der Waals surface area contributed by atoms with Gasteiger partial charge in [0.2, 0.25) is 0 Å². The smallest absolute Gasteiger partial charge is 0.309 e. The Balaban J connectivity index is 2.48. The van der Waals surface area contributed by atoms with Gasteiger partial charge in [-0.2, -0.15) is 0 Å². The van der Waals surface area contributed by atoms with E-state index in [1.165, 1.54) is 6.07 Å². The zero-order valence-electron chi connectivity index (χ0n) is 12.7. The summed E-state index contributed by atoms with van der Waals surface area (Å²) in [6.45, 7) is 5.07. The van der Waals surface area contributed by atoms with E-state index in [1.807, 2.05) is 0 Å². The van der Waals surface area contributed by atoms with E-state index < -0.39 is 17.5 Å². The molecule has 0 spiro atoms. The number of carbonyl (C=O) groups is 2. The fourth-order valence-corrected chi connectivity index (χ4v) is 1.84. The summed E-state index contributed by atoms with van der Waals surface area (Å²) in [4.78, 5) is 22.9. The minimum absolute atomic E-state index is 0.257. The van der Waals surface area contributed by atoms with E-state index in [0.717, 1.165) is 0 Å². The summed E-state index contributed by atoms with van der Waals surface area (Å²) in [6, 6.07) is 4.73. The van der Waals surface area contributed by atoms with E-state index in [2.05, 4.69) is 5.32 Å². The molecule has 0 aromatic heterocycles. The predicted octanol–water partition coefficient (Wildman–Crippen LogP) is 3.38. The van der Waals surface area contributed by atoms with Gasteiger partial charge in [-0.15, -0.1) is 0 Å². The first-order valence-corrected chi connectivity index (χ1v) is 7.52. The lowest BCUT2D eigenvalue weighted by Crippen LogP contribution is -2.39. The van der Waals surface area contributed by atoms with Crippen molar-refractivity contribution in [1.82, 2.24) is 5.32 Å². The third kappa shape index (κ3) is 5.39. The predicted molar refractivity (Wildman–Crippen MR) is 85.6 cm³/mol. The fraction of sp³-hybridized carbons (Fsp3) is 0.467. The highest BCUT2D eigenvalue weighted by Crippen LogP contribution is 2.26. The Morgan fingerprint density at radius 1 is 1.32 bits per heavy atom. The normalized spacial score (nSPS) is 12.6. The Morgan fingerprint density at radius 3 is 2.50 bits per heavy atom. The molecule has 0 aliphatic carbocycles. The summed E-state index contributed by atoms with van der Waals surface area (Å²) in [7, 11) is 0. The molecule has 1 atom stereocenters. The number of nitrogens with one attached hydrogen (secondary N) is 1. The molecule has 1 rings (SSSR count). The van der Waals surface area contributed by atoms with Crippen LogP contribution in [0.15, 0.2) is 18.2 Å². The molecule has 22 heavy (non-hydrogen) atoms. The molecule has 1 unspecified atom stereocenters. The maximum Gasteiger partial charge on any atom is 0.309 e. The molecule has 1 aromatic carbocycles. The third-order valence-corrected chi connectivity index (χ3v) is 3.94. The average molecular weight is 348 g/mol. The maximum atomic E-state index is 11.9. The van der Waals surface area contributed by atoms with Gasteiger partial charge >= 0.3 is 5.97 Å². The second-order valence-corrected chi connectivity index (χ2v) is 6.38. The van der Waals surface area contributed by atoms with Crippen molar-refractivity contribution in [2.24, 2.45) is 5.41 Å². The number of carbonyl (C=O) groups excluding carboxylic acids is 1. The molecule has 7 heteroatoms. The van der Waals surface area contributed by atoms with Crippen molar-refractivity contribution in [2.75, 3.05) is 6.54 Å². The van der Waals surface area contributed by atoms with Crippen LogP contribution >= 0.6 is 23.2 Å². The molecule has 0 saturated heterocycles. The first-order valence-electron chi connectivity index (χ1n) is 6.76. The van der Waals surface area contributed by atoms with E-state index in [0.29, 0.717) is 22.2 Å². The minimum atomic E-state index is -0.901. The molecule has 0 aliphatic rings. The Bertz CT molecular complexity index is 560. The van der Waals surface area contributed by atoms with Crippen LogP contribution in [0, 0.1) is 5.41 Å². The van der Waals surface area contributed by atoms with E-state index in [-0.39, 0.29) is 12.5 Å². The minimum Gasteiger partial charge on any atom is -0.481 e. The topological polar surface area (TPSA) is 75.6 Å². The van der Waals surface area contributed by atoms with Crippen LogP contribution in [0.4, 0.5) is 0 Å². The molecule has 2 N–H and O–H groups in total. The fourth-order valence-electron chi connectivity index (χ4n) is 1.56. The summed E-state index contributed by atoms with van der Waals surface area (Å²) < 4.78 is 5.47. The first kappa shape index (κ1) is 18.6. The Kier molecular flexibility index (Phi) is 6.50. The van der Waals surface area contributed by atoms with E-state index in [4.69, 9.17) is 33.0 Å². The van der Waals surface area contributed by atoms with Gasteiger partial charge in [0.05, 0.1) is 15.5 Å². The molecule has 1 aromatic rings. The standard InChI is InChI=1S/C15H19Cl2NO4/c1-9(22-10-4-5-11(16)12(17)8-10)13(19)18-7-6-15(2,3)14(20)21/h4-5,8-9H,6-7H2,1-3H3,(H,18,19)(H,20,21). The zero-order valence-corrected chi connectivity index (χ0v) is 14.2. The Hall–Kier alpha value is -1.46. The van der Waals surface area contributed by atoms with Gasteiger partial charge in [0.15, 0.2) is 6.10 Å². The molecule has 0 bridgehead atoms. The Labute approximate surface area is 139 Å². The number of hydrogen-bond acceptors (Lipinski definition) is 3. The molecule has 1 amide bonds. The van der Waals surface area contributed by atoms with Crippen LogP contribution in [0.1, 0.15) is 27.2 Å². The number of aliphatic carboxylic acids is 1. The lowest BCUT2D eigenvalue weighted by atomic mass is 9.90. The lowest BCUT2D eigenvalue weighted by molar-refractivity contribution is -0.147. The highest BCUT2D eigenvalue weighted by atomic mass is 35.5. The maximum absolute atomic E-state index is 11.9. The zero-order chi connectivity index (χ0) is 16.9. The highest BCUT2D eigenvalue weighted by molar-refractivity contribution is 6.42.